The molecule has 130 valence electrons. The van der Waals surface area contributed by atoms with Gasteiger partial charge in [-0.25, -0.2) is 4.98 Å². The number of benzene rings is 2. The Labute approximate surface area is 154 Å². The van der Waals surface area contributed by atoms with Crippen LogP contribution in [-0.2, 0) is 6.54 Å². The molecule has 0 unspecified atom stereocenters. The number of halogens is 1. The number of rotatable bonds is 4. The normalized spacial score (nSPS) is 20.4. The van der Waals surface area contributed by atoms with Gasteiger partial charge in [0.15, 0.2) is 0 Å². The third-order valence-electron chi connectivity index (χ3n) is 4.81. The van der Waals surface area contributed by atoms with Crippen molar-refractivity contribution in [3.8, 4) is 5.69 Å². The molecule has 1 saturated heterocycles. The van der Waals surface area contributed by atoms with E-state index in [1.54, 1.807) is 6.20 Å². The van der Waals surface area contributed by atoms with Crippen molar-refractivity contribution in [1.29, 1.82) is 0 Å². The summed E-state index contributed by atoms with van der Waals surface area (Å²) in [5.41, 5.74) is 10.2. The SMILES string of the molecule is Cl.N[C@@H]1CN(Cc2ccc(-n3ccnc3)cc2)C[C@H]1c1ccccc1. The molecule has 0 saturated carbocycles. The summed E-state index contributed by atoms with van der Waals surface area (Å²) in [5, 5.41) is 0. The van der Waals surface area contributed by atoms with Crippen LogP contribution in [0.5, 0.6) is 0 Å². The second-order valence-corrected chi connectivity index (χ2v) is 6.51. The number of nitrogens with two attached hydrogens (primary N) is 1. The lowest BCUT2D eigenvalue weighted by atomic mass is 9.95. The molecule has 1 aliphatic heterocycles. The van der Waals surface area contributed by atoms with Gasteiger partial charge in [0, 0.05) is 49.7 Å². The first-order valence-corrected chi connectivity index (χ1v) is 8.40. The molecule has 25 heavy (non-hydrogen) atoms. The van der Waals surface area contributed by atoms with Crippen LogP contribution in [0.4, 0.5) is 0 Å². The maximum Gasteiger partial charge on any atom is 0.0991 e. The van der Waals surface area contributed by atoms with E-state index in [2.05, 4.69) is 64.5 Å². The van der Waals surface area contributed by atoms with E-state index >= 15 is 0 Å². The molecule has 2 aromatic carbocycles. The van der Waals surface area contributed by atoms with Gasteiger partial charge in [0.1, 0.15) is 0 Å². The van der Waals surface area contributed by atoms with Gasteiger partial charge < -0.3 is 10.3 Å². The quantitative estimate of drug-likeness (QED) is 0.782. The fourth-order valence-corrected chi connectivity index (χ4v) is 3.54. The van der Waals surface area contributed by atoms with Gasteiger partial charge in [0.2, 0.25) is 0 Å². The minimum absolute atomic E-state index is 0. The van der Waals surface area contributed by atoms with Crippen molar-refractivity contribution in [2.75, 3.05) is 13.1 Å². The lowest BCUT2D eigenvalue weighted by molar-refractivity contribution is 0.324. The van der Waals surface area contributed by atoms with Crippen molar-refractivity contribution in [2.45, 2.75) is 18.5 Å². The molecule has 0 bridgehead atoms. The average molecular weight is 355 g/mol. The number of nitrogens with zero attached hydrogens (tertiary/aromatic N) is 3. The van der Waals surface area contributed by atoms with Gasteiger partial charge in [-0.2, -0.15) is 0 Å². The Morgan fingerprint density at radius 3 is 2.44 bits per heavy atom. The Morgan fingerprint density at radius 2 is 1.76 bits per heavy atom. The summed E-state index contributed by atoms with van der Waals surface area (Å²) < 4.78 is 2.01. The number of hydrogen-bond donors (Lipinski definition) is 1. The van der Waals surface area contributed by atoms with Gasteiger partial charge in [-0.05, 0) is 23.3 Å². The molecule has 1 aromatic heterocycles. The fourth-order valence-electron chi connectivity index (χ4n) is 3.54. The highest BCUT2D eigenvalue weighted by atomic mass is 35.5. The molecule has 0 spiro atoms. The van der Waals surface area contributed by atoms with Crippen LogP contribution < -0.4 is 5.73 Å². The van der Waals surface area contributed by atoms with Crippen molar-refractivity contribution in [3.05, 3.63) is 84.4 Å². The molecule has 0 radical (unpaired) electrons. The number of aromatic nitrogens is 2. The molecule has 4 rings (SSSR count). The zero-order valence-electron chi connectivity index (χ0n) is 14.0. The lowest BCUT2D eigenvalue weighted by Crippen LogP contribution is -2.28. The molecule has 1 aliphatic rings. The summed E-state index contributed by atoms with van der Waals surface area (Å²) in [4.78, 5) is 6.54. The van der Waals surface area contributed by atoms with E-state index < -0.39 is 0 Å². The zero-order valence-corrected chi connectivity index (χ0v) is 14.8. The van der Waals surface area contributed by atoms with Crippen LogP contribution in [0.2, 0.25) is 0 Å². The van der Waals surface area contributed by atoms with Crippen molar-refractivity contribution in [1.82, 2.24) is 14.5 Å². The van der Waals surface area contributed by atoms with Gasteiger partial charge >= 0.3 is 0 Å². The number of imidazole rings is 1. The van der Waals surface area contributed by atoms with E-state index in [0.29, 0.717) is 5.92 Å². The van der Waals surface area contributed by atoms with Crippen molar-refractivity contribution < 1.29 is 0 Å². The van der Waals surface area contributed by atoms with E-state index in [4.69, 9.17) is 5.73 Å². The van der Waals surface area contributed by atoms with Gasteiger partial charge in [-0.15, -0.1) is 12.4 Å². The van der Waals surface area contributed by atoms with Crippen LogP contribution in [0.25, 0.3) is 5.69 Å². The summed E-state index contributed by atoms with van der Waals surface area (Å²) >= 11 is 0. The molecule has 2 N–H and O–H groups in total. The Hall–Kier alpha value is -2.14. The number of likely N-dealkylation sites (tertiary alicyclic amines) is 1. The first kappa shape index (κ1) is 17.7. The Morgan fingerprint density at radius 1 is 1.00 bits per heavy atom. The van der Waals surface area contributed by atoms with E-state index in [0.717, 1.165) is 25.3 Å². The Kier molecular flexibility index (Phi) is 5.53. The van der Waals surface area contributed by atoms with Crippen molar-refractivity contribution >= 4 is 12.4 Å². The first-order chi connectivity index (χ1) is 11.8. The van der Waals surface area contributed by atoms with Crippen LogP contribution in [0, 0.1) is 0 Å². The summed E-state index contributed by atoms with van der Waals surface area (Å²) in [6.45, 7) is 2.92. The van der Waals surface area contributed by atoms with Gasteiger partial charge in [-0.3, -0.25) is 4.90 Å². The highest BCUT2D eigenvalue weighted by Crippen LogP contribution is 2.27. The van der Waals surface area contributed by atoms with E-state index in [9.17, 15) is 0 Å². The molecular formula is C20H23ClN4. The standard InChI is InChI=1S/C20H22N4.ClH/c21-20-14-23(13-19(20)17-4-2-1-3-5-17)12-16-6-8-18(9-7-16)24-11-10-22-15-24;/h1-11,15,19-20H,12-14,21H2;1H/t19-,20+;/m0./s1. The minimum Gasteiger partial charge on any atom is -0.326 e. The van der Waals surface area contributed by atoms with Crippen molar-refractivity contribution in [3.63, 3.8) is 0 Å². The second-order valence-electron chi connectivity index (χ2n) is 6.51. The predicted octanol–water partition coefficient (Wildman–Crippen LogP) is 3.22. The topological polar surface area (TPSA) is 47.1 Å². The van der Waals surface area contributed by atoms with Crippen LogP contribution in [0.1, 0.15) is 17.0 Å². The molecule has 4 nitrogen and oxygen atoms in total. The highest BCUT2D eigenvalue weighted by molar-refractivity contribution is 5.85. The predicted molar refractivity (Wildman–Crippen MR) is 103 cm³/mol. The average Bonchev–Trinajstić information content (AvgIpc) is 3.26. The molecule has 5 heteroatoms. The van der Waals surface area contributed by atoms with Crippen molar-refractivity contribution in [2.24, 2.45) is 5.73 Å². The smallest absolute Gasteiger partial charge is 0.0991 e. The molecule has 0 amide bonds. The first-order valence-electron chi connectivity index (χ1n) is 8.40. The van der Waals surface area contributed by atoms with Crippen LogP contribution in [0.3, 0.4) is 0 Å². The van der Waals surface area contributed by atoms with Crippen LogP contribution in [0.15, 0.2) is 73.3 Å². The lowest BCUT2D eigenvalue weighted by Gasteiger charge is -2.16. The minimum atomic E-state index is 0. The van der Waals surface area contributed by atoms with E-state index in [-0.39, 0.29) is 18.4 Å². The largest absolute Gasteiger partial charge is 0.326 e. The summed E-state index contributed by atoms with van der Waals surface area (Å²) in [6.07, 6.45) is 5.57. The molecule has 2 atom stereocenters. The molecule has 1 fully saturated rings. The molecule has 2 heterocycles. The maximum absolute atomic E-state index is 6.39. The highest BCUT2D eigenvalue weighted by Gasteiger charge is 2.30. The third-order valence-corrected chi connectivity index (χ3v) is 4.81. The molecule has 0 aliphatic carbocycles. The van der Waals surface area contributed by atoms with E-state index in [1.807, 2.05) is 17.1 Å². The Balaban J connectivity index is 0.00000182. The van der Waals surface area contributed by atoms with Gasteiger partial charge in [-0.1, -0.05) is 42.5 Å². The maximum atomic E-state index is 6.39. The van der Waals surface area contributed by atoms with Crippen LogP contribution in [-0.4, -0.2) is 33.6 Å². The van der Waals surface area contributed by atoms with Crippen LogP contribution >= 0.6 is 12.4 Å². The summed E-state index contributed by atoms with van der Waals surface area (Å²) in [5.74, 6) is 0.427. The summed E-state index contributed by atoms with van der Waals surface area (Å²) in [7, 11) is 0. The fraction of sp³-hybridized carbons (Fsp3) is 0.250. The molecule has 3 aromatic rings. The second kappa shape index (κ2) is 7.83. The van der Waals surface area contributed by atoms with E-state index in [1.165, 1.54) is 11.1 Å². The zero-order chi connectivity index (χ0) is 16.4. The summed E-state index contributed by atoms with van der Waals surface area (Å²) in [6, 6.07) is 19.5. The van der Waals surface area contributed by atoms with Gasteiger partial charge in [0.25, 0.3) is 0 Å². The number of hydrogen-bond acceptors (Lipinski definition) is 3. The monoisotopic (exact) mass is 354 g/mol. The molecular weight excluding hydrogens is 332 g/mol. The Bertz CT molecular complexity index is 771. The third kappa shape index (κ3) is 3.93. The van der Waals surface area contributed by atoms with Gasteiger partial charge in [0.05, 0.1) is 6.33 Å².